The predicted molar refractivity (Wildman–Crippen MR) is 65.8 cm³/mol. The number of rotatable bonds is 4. The zero-order chi connectivity index (χ0) is 13.7. The van der Waals surface area contributed by atoms with E-state index < -0.39 is 22.7 Å². The molecule has 0 aliphatic heterocycles. The van der Waals surface area contributed by atoms with E-state index in [0.29, 0.717) is 5.69 Å². The first-order valence-electron chi connectivity index (χ1n) is 5.15. The largest absolute Gasteiger partial charge is 0.468 e. The second-order valence-corrected chi connectivity index (χ2v) is 4.12. The number of ether oxygens (including phenoxy) is 1. The Kier molecular flexibility index (Phi) is 4.91. The molecule has 1 aromatic heterocycles. The lowest BCUT2D eigenvalue weighted by Crippen LogP contribution is -2.36. The number of alkyl halides is 1. The Morgan fingerprint density at radius 3 is 2.78 bits per heavy atom. The maximum absolute atomic E-state index is 11.7. The molecule has 6 nitrogen and oxygen atoms in total. The first-order chi connectivity index (χ1) is 8.45. The van der Waals surface area contributed by atoms with Crippen molar-refractivity contribution in [3.8, 4) is 0 Å². The molecule has 0 fully saturated rings. The molecule has 2 N–H and O–H groups in total. The standard InChI is InChI=1S/C11H13ClN2O4/c1-6-3-9(15)7(4-13-6)10(16)14-5-8(12)11(17)18-2/h3-4,8H,5H2,1-2H3,(H,13,15)(H,14,16). The van der Waals surface area contributed by atoms with Crippen molar-refractivity contribution in [2.24, 2.45) is 0 Å². The quantitative estimate of drug-likeness (QED) is 0.605. The van der Waals surface area contributed by atoms with Gasteiger partial charge in [-0.05, 0) is 6.92 Å². The van der Waals surface area contributed by atoms with Crippen molar-refractivity contribution in [3.05, 3.63) is 33.7 Å². The van der Waals surface area contributed by atoms with Crippen molar-refractivity contribution in [3.63, 3.8) is 0 Å². The van der Waals surface area contributed by atoms with Crippen molar-refractivity contribution < 1.29 is 14.3 Å². The number of carbonyl (C=O) groups is 2. The van der Waals surface area contributed by atoms with Gasteiger partial charge in [0.05, 0.1) is 7.11 Å². The normalized spacial score (nSPS) is 11.7. The van der Waals surface area contributed by atoms with Crippen LogP contribution in [0.3, 0.4) is 0 Å². The summed E-state index contributed by atoms with van der Waals surface area (Å²) in [6.45, 7) is 1.59. The van der Waals surface area contributed by atoms with Gasteiger partial charge in [0.1, 0.15) is 10.9 Å². The molecular formula is C11H13ClN2O4. The third-order valence-electron chi connectivity index (χ3n) is 2.20. The number of aromatic amines is 1. The van der Waals surface area contributed by atoms with Crippen molar-refractivity contribution in [1.82, 2.24) is 10.3 Å². The lowest BCUT2D eigenvalue weighted by molar-refractivity contribution is -0.140. The molecule has 1 heterocycles. The Balaban J connectivity index is 2.66. The monoisotopic (exact) mass is 272 g/mol. The number of hydrogen-bond acceptors (Lipinski definition) is 4. The van der Waals surface area contributed by atoms with Gasteiger partial charge in [-0.25, -0.2) is 0 Å². The summed E-state index contributed by atoms with van der Waals surface area (Å²) in [4.78, 5) is 36.9. The van der Waals surface area contributed by atoms with E-state index in [4.69, 9.17) is 11.6 Å². The van der Waals surface area contributed by atoms with Crippen LogP contribution in [0.15, 0.2) is 17.1 Å². The Labute approximate surface area is 108 Å². The van der Waals surface area contributed by atoms with E-state index in [2.05, 4.69) is 15.0 Å². The molecule has 1 amide bonds. The highest BCUT2D eigenvalue weighted by Gasteiger charge is 2.18. The summed E-state index contributed by atoms with van der Waals surface area (Å²) in [5, 5.41) is 1.40. The number of nitrogens with one attached hydrogen (secondary N) is 2. The van der Waals surface area contributed by atoms with E-state index in [9.17, 15) is 14.4 Å². The highest BCUT2D eigenvalue weighted by atomic mass is 35.5. The fourth-order valence-electron chi connectivity index (χ4n) is 1.24. The highest BCUT2D eigenvalue weighted by Crippen LogP contribution is 1.98. The fourth-order valence-corrected chi connectivity index (χ4v) is 1.41. The van der Waals surface area contributed by atoms with Gasteiger partial charge in [0.15, 0.2) is 5.43 Å². The van der Waals surface area contributed by atoms with Crippen LogP contribution in [-0.4, -0.2) is 35.9 Å². The number of pyridine rings is 1. The molecule has 1 unspecified atom stereocenters. The smallest absolute Gasteiger partial charge is 0.325 e. The van der Waals surface area contributed by atoms with Crippen molar-refractivity contribution in [2.75, 3.05) is 13.7 Å². The molecule has 1 rings (SSSR count). The molecule has 0 aliphatic rings. The molecule has 0 saturated carbocycles. The maximum Gasteiger partial charge on any atom is 0.325 e. The van der Waals surface area contributed by atoms with Gasteiger partial charge in [0, 0.05) is 24.5 Å². The molecular weight excluding hydrogens is 260 g/mol. The molecule has 0 spiro atoms. The summed E-state index contributed by atoms with van der Waals surface area (Å²) in [7, 11) is 1.20. The number of methoxy groups -OCH3 is 1. The Morgan fingerprint density at radius 2 is 2.22 bits per heavy atom. The second kappa shape index (κ2) is 6.20. The molecule has 7 heteroatoms. The number of esters is 1. The fraction of sp³-hybridized carbons (Fsp3) is 0.364. The van der Waals surface area contributed by atoms with E-state index in [1.54, 1.807) is 6.92 Å². The zero-order valence-electron chi connectivity index (χ0n) is 9.95. The van der Waals surface area contributed by atoms with Gasteiger partial charge in [0.2, 0.25) is 0 Å². The zero-order valence-corrected chi connectivity index (χ0v) is 10.7. The average Bonchev–Trinajstić information content (AvgIpc) is 2.34. The van der Waals surface area contributed by atoms with Crippen LogP contribution >= 0.6 is 11.6 Å². The van der Waals surface area contributed by atoms with Crippen LogP contribution in [-0.2, 0) is 9.53 Å². The van der Waals surface area contributed by atoms with Gasteiger partial charge in [-0.1, -0.05) is 0 Å². The molecule has 0 aliphatic carbocycles. The second-order valence-electron chi connectivity index (χ2n) is 3.59. The molecule has 98 valence electrons. The van der Waals surface area contributed by atoms with Gasteiger partial charge >= 0.3 is 5.97 Å². The number of carbonyl (C=O) groups excluding carboxylic acids is 2. The van der Waals surface area contributed by atoms with Gasteiger partial charge in [-0.3, -0.25) is 14.4 Å². The summed E-state index contributed by atoms with van der Waals surface area (Å²) in [6, 6.07) is 1.31. The lowest BCUT2D eigenvalue weighted by Gasteiger charge is -2.08. The van der Waals surface area contributed by atoms with E-state index in [1.165, 1.54) is 19.4 Å². The van der Waals surface area contributed by atoms with Crippen molar-refractivity contribution >= 4 is 23.5 Å². The third-order valence-corrected chi connectivity index (χ3v) is 2.53. The van der Waals surface area contributed by atoms with Crippen LogP contribution in [0.25, 0.3) is 0 Å². The summed E-state index contributed by atoms with van der Waals surface area (Å²) >= 11 is 5.65. The Hall–Kier alpha value is -1.82. The summed E-state index contributed by atoms with van der Waals surface area (Å²) < 4.78 is 4.40. The first-order valence-corrected chi connectivity index (χ1v) is 5.58. The topological polar surface area (TPSA) is 88.3 Å². The Morgan fingerprint density at radius 1 is 1.56 bits per heavy atom. The molecule has 1 aromatic rings. The summed E-state index contributed by atoms with van der Waals surface area (Å²) in [5.74, 6) is -1.24. The lowest BCUT2D eigenvalue weighted by atomic mass is 10.2. The van der Waals surface area contributed by atoms with Crippen LogP contribution in [0, 0.1) is 6.92 Å². The predicted octanol–water partition coefficient (Wildman–Crippen LogP) is 0.194. The third kappa shape index (κ3) is 3.59. The van der Waals surface area contributed by atoms with E-state index in [0.717, 1.165) is 0 Å². The van der Waals surface area contributed by atoms with E-state index in [-0.39, 0.29) is 12.1 Å². The molecule has 1 atom stereocenters. The molecule has 18 heavy (non-hydrogen) atoms. The summed E-state index contributed by atoms with van der Waals surface area (Å²) in [5.41, 5.74) is 0.226. The number of H-pyrrole nitrogens is 1. The van der Waals surface area contributed by atoms with Crippen molar-refractivity contribution in [1.29, 1.82) is 0 Å². The molecule has 0 radical (unpaired) electrons. The first kappa shape index (κ1) is 14.2. The minimum Gasteiger partial charge on any atom is -0.468 e. The molecule has 0 saturated heterocycles. The van der Waals surface area contributed by atoms with Crippen LogP contribution in [0.2, 0.25) is 0 Å². The van der Waals surface area contributed by atoms with E-state index in [1.807, 2.05) is 0 Å². The minimum absolute atomic E-state index is 0.0330. The van der Waals surface area contributed by atoms with Crippen LogP contribution in [0.5, 0.6) is 0 Å². The van der Waals surface area contributed by atoms with Crippen LogP contribution in [0.4, 0.5) is 0 Å². The van der Waals surface area contributed by atoms with Crippen LogP contribution < -0.4 is 10.7 Å². The SMILES string of the molecule is COC(=O)C(Cl)CNC(=O)c1c[nH]c(C)cc1=O. The molecule has 0 bridgehead atoms. The van der Waals surface area contributed by atoms with Gasteiger partial charge in [0.25, 0.3) is 5.91 Å². The molecule has 0 aromatic carbocycles. The minimum atomic E-state index is -0.983. The summed E-state index contributed by atoms with van der Waals surface area (Å²) in [6.07, 6.45) is 1.31. The number of aryl methyl sites for hydroxylation is 1. The van der Waals surface area contributed by atoms with Gasteiger partial charge in [-0.15, -0.1) is 11.6 Å². The maximum atomic E-state index is 11.7. The number of halogens is 1. The van der Waals surface area contributed by atoms with Gasteiger partial charge in [-0.2, -0.15) is 0 Å². The highest BCUT2D eigenvalue weighted by molar-refractivity contribution is 6.30. The average molecular weight is 273 g/mol. The van der Waals surface area contributed by atoms with Gasteiger partial charge < -0.3 is 15.0 Å². The Bertz CT molecular complexity index is 512. The van der Waals surface area contributed by atoms with Crippen LogP contribution in [0.1, 0.15) is 16.1 Å². The number of aromatic nitrogens is 1. The number of hydrogen-bond donors (Lipinski definition) is 2. The van der Waals surface area contributed by atoms with E-state index >= 15 is 0 Å². The number of amides is 1. The van der Waals surface area contributed by atoms with Crippen molar-refractivity contribution in [2.45, 2.75) is 12.3 Å².